The van der Waals surface area contributed by atoms with Gasteiger partial charge < -0.3 is 5.32 Å². The van der Waals surface area contributed by atoms with Crippen LogP contribution in [0.25, 0.3) is 0 Å². The molecule has 0 aromatic rings. The van der Waals surface area contributed by atoms with E-state index in [0.717, 1.165) is 12.8 Å². The molecule has 0 aromatic heterocycles. The normalized spacial score (nSPS) is 8.56. The Morgan fingerprint density at radius 2 is 2.44 bits per heavy atom. The predicted molar refractivity (Wildman–Crippen MR) is 36.8 cm³/mol. The number of hydrogen-bond donors (Lipinski definition) is 1. The van der Waals surface area contributed by atoms with E-state index < -0.39 is 0 Å². The van der Waals surface area contributed by atoms with Gasteiger partial charge in [0.15, 0.2) is 0 Å². The fourth-order valence-electron chi connectivity index (χ4n) is 0.505. The standard InChI is InChI=1S/C7H12NO/c1-3-4-5-6-7(9)8-2/h1,3H,4-6H2,2H3,(H,8,9). The van der Waals surface area contributed by atoms with Crippen molar-refractivity contribution in [2.24, 2.45) is 0 Å². The van der Waals surface area contributed by atoms with Gasteiger partial charge in [0, 0.05) is 13.5 Å². The van der Waals surface area contributed by atoms with E-state index in [1.165, 1.54) is 0 Å². The number of amides is 1. The molecule has 0 aromatic carbocycles. The molecule has 0 saturated carbocycles. The van der Waals surface area contributed by atoms with Gasteiger partial charge in [-0.2, -0.15) is 0 Å². The van der Waals surface area contributed by atoms with Gasteiger partial charge in [0.05, 0.1) is 0 Å². The molecule has 0 saturated heterocycles. The smallest absolute Gasteiger partial charge is 0.219 e. The first kappa shape index (κ1) is 8.21. The van der Waals surface area contributed by atoms with Crippen LogP contribution in [0.2, 0.25) is 0 Å². The number of unbranched alkanes of at least 4 members (excludes halogenated alkanes) is 1. The molecule has 0 atom stereocenters. The SMILES string of the molecule is [CH]=CCCCC(=O)NC. The van der Waals surface area contributed by atoms with Crippen LogP contribution >= 0.6 is 0 Å². The average Bonchev–Trinajstić information content (AvgIpc) is 1.89. The molecule has 51 valence electrons. The maximum atomic E-state index is 10.5. The molecule has 0 aliphatic heterocycles. The lowest BCUT2D eigenvalue weighted by Gasteiger charge is -1.94. The van der Waals surface area contributed by atoms with E-state index in [-0.39, 0.29) is 5.91 Å². The van der Waals surface area contributed by atoms with Crippen LogP contribution in [0, 0.1) is 6.58 Å². The summed E-state index contributed by atoms with van der Waals surface area (Å²) < 4.78 is 0. The van der Waals surface area contributed by atoms with Crippen molar-refractivity contribution in [1.29, 1.82) is 0 Å². The van der Waals surface area contributed by atoms with Gasteiger partial charge in [-0.05, 0) is 12.8 Å². The Kier molecular flexibility index (Phi) is 4.88. The molecule has 1 radical (unpaired) electrons. The Morgan fingerprint density at radius 1 is 1.78 bits per heavy atom. The summed E-state index contributed by atoms with van der Waals surface area (Å²) in [6.45, 7) is 5.10. The largest absolute Gasteiger partial charge is 0.359 e. The molecule has 0 bridgehead atoms. The van der Waals surface area contributed by atoms with Crippen molar-refractivity contribution in [1.82, 2.24) is 5.32 Å². The van der Waals surface area contributed by atoms with Gasteiger partial charge in [-0.3, -0.25) is 4.79 Å². The predicted octanol–water partition coefficient (Wildman–Crippen LogP) is 0.892. The summed E-state index contributed by atoms with van der Waals surface area (Å²) >= 11 is 0. The van der Waals surface area contributed by atoms with Gasteiger partial charge in [-0.25, -0.2) is 0 Å². The van der Waals surface area contributed by atoms with Gasteiger partial charge in [-0.1, -0.05) is 12.7 Å². The number of rotatable bonds is 4. The van der Waals surface area contributed by atoms with Gasteiger partial charge >= 0.3 is 0 Å². The number of carbonyl (C=O) groups excluding carboxylic acids is 1. The zero-order valence-electron chi connectivity index (χ0n) is 5.68. The van der Waals surface area contributed by atoms with Crippen LogP contribution in [-0.4, -0.2) is 13.0 Å². The Hall–Kier alpha value is -0.790. The van der Waals surface area contributed by atoms with Crippen molar-refractivity contribution < 1.29 is 4.79 Å². The monoisotopic (exact) mass is 126 g/mol. The number of nitrogens with one attached hydrogen (secondary N) is 1. The second kappa shape index (κ2) is 5.35. The Bertz CT molecular complexity index is 99.1. The second-order valence-electron chi connectivity index (χ2n) is 1.80. The molecule has 0 rings (SSSR count). The molecular weight excluding hydrogens is 114 g/mol. The zero-order valence-corrected chi connectivity index (χ0v) is 5.68. The van der Waals surface area contributed by atoms with Crippen LogP contribution in [0.1, 0.15) is 19.3 Å². The molecule has 2 nitrogen and oxygen atoms in total. The third kappa shape index (κ3) is 5.07. The Labute approximate surface area is 56.0 Å². The van der Waals surface area contributed by atoms with Gasteiger partial charge in [0.1, 0.15) is 0 Å². The first-order valence-electron chi connectivity index (χ1n) is 3.05. The third-order valence-electron chi connectivity index (χ3n) is 1.05. The minimum Gasteiger partial charge on any atom is -0.359 e. The minimum atomic E-state index is 0.0804. The van der Waals surface area contributed by atoms with E-state index in [1.807, 2.05) is 0 Å². The fraction of sp³-hybridized carbons (Fsp3) is 0.571. The molecule has 0 unspecified atom stereocenters. The summed E-state index contributed by atoms with van der Waals surface area (Å²) in [4.78, 5) is 10.5. The van der Waals surface area contributed by atoms with Crippen molar-refractivity contribution in [2.75, 3.05) is 7.05 Å². The van der Waals surface area contributed by atoms with Crippen LogP contribution in [0.15, 0.2) is 6.08 Å². The summed E-state index contributed by atoms with van der Waals surface area (Å²) in [6, 6.07) is 0. The maximum Gasteiger partial charge on any atom is 0.219 e. The molecule has 1 amide bonds. The molecule has 2 heteroatoms. The summed E-state index contributed by atoms with van der Waals surface area (Å²) in [7, 11) is 1.63. The van der Waals surface area contributed by atoms with Crippen LogP contribution in [0.4, 0.5) is 0 Å². The molecule has 0 aliphatic carbocycles. The quantitative estimate of drug-likeness (QED) is 0.557. The highest BCUT2D eigenvalue weighted by Gasteiger charge is 1.93. The molecule has 1 N–H and O–H groups in total. The maximum absolute atomic E-state index is 10.5. The highest BCUT2D eigenvalue weighted by Crippen LogP contribution is 1.93. The Balaban J connectivity index is 3.06. The molecule has 9 heavy (non-hydrogen) atoms. The lowest BCUT2D eigenvalue weighted by molar-refractivity contribution is -0.120. The van der Waals surface area contributed by atoms with Crippen LogP contribution < -0.4 is 5.32 Å². The lowest BCUT2D eigenvalue weighted by Crippen LogP contribution is -2.16. The van der Waals surface area contributed by atoms with E-state index in [2.05, 4.69) is 5.32 Å². The highest BCUT2D eigenvalue weighted by molar-refractivity contribution is 5.75. The van der Waals surface area contributed by atoms with E-state index in [4.69, 9.17) is 6.58 Å². The second-order valence-corrected chi connectivity index (χ2v) is 1.80. The number of allylic oxidation sites excluding steroid dienone is 1. The first-order chi connectivity index (χ1) is 4.31. The fourth-order valence-corrected chi connectivity index (χ4v) is 0.505. The van der Waals surface area contributed by atoms with E-state index in [1.54, 1.807) is 13.1 Å². The summed E-state index contributed by atoms with van der Waals surface area (Å²) in [5, 5.41) is 2.53. The number of carbonyl (C=O) groups is 1. The average molecular weight is 126 g/mol. The van der Waals surface area contributed by atoms with Crippen molar-refractivity contribution in [2.45, 2.75) is 19.3 Å². The van der Waals surface area contributed by atoms with E-state index in [9.17, 15) is 4.79 Å². The third-order valence-corrected chi connectivity index (χ3v) is 1.05. The van der Waals surface area contributed by atoms with Crippen molar-refractivity contribution in [3.05, 3.63) is 12.7 Å². The van der Waals surface area contributed by atoms with Crippen LogP contribution in [0.5, 0.6) is 0 Å². The first-order valence-corrected chi connectivity index (χ1v) is 3.05. The highest BCUT2D eigenvalue weighted by atomic mass is 16.1. The van der Waals surface area contributed by atoms with Gasteiger partial charge in [0.2, 0.25) is 5.91 Å². The zero-order chi connectivity index (χ0) is 7.11. The topological polar surface area (TPSA) is 29.1 Å². The van der Waals surface area contributed by atoms with Crippen molar-refractivity contribution in [3.63, 3.8) is 0 Å². The summed E-state index contributed by atoms with van der Waals surface area (Å²) in [6.07, 6.45) is 3.80. The summed E-state index contributed by atoms with van der Waals surface area (Å²) in [5.74, 6) is 0.0804. The Morgan fingerprint density at radius 3 is 2.89 bits per heavy atom. The number of hydrogen-bond acceptors (Lipinski definition) is 1. The minimum absolute atomic E-state index is 0.0804. The van der Waals surface area contributed by atoms with Crippen molar-refractivity contribution >= 4 is 5.91 Å². The van der Waals surface area contributed by atoms with E-state index in [0.29, 0.717) is 6.42 Å². The molecular formula is C7H12NO. The molecule has 0 spiro atoms. The summed E-state index contributed by atoms with van der Waals surface area (Å²) in [5.41, 5.74) is 0. The molecule has 0 aliphatic rings. The molecule has 0 fully saturated rings. The molecule has 0 heterocycles. The van der Waals surface area contributed by atoms with Gasteiger partial charge in [0.25, 0.3) is 0 Å². The van der Waals surface area contributed by atoms with Crippen LogP contribution in [0.3, 0.4) is 0 Å². The van der Waals surface area contributed by atoms with Gasteiger partial charge in [-0.15, -0.1) is 0 Å². The van der Waals surface area contributed by atoms with Crippen molar-refractivity contribution in [3.8, 4) is 0 Å². The van der Waals surface area contributed by atoms with E-state index >= 15 is 0 Å². The lowest BCUT2D eigenvalue weighted by atomic mass is 10.2. The van der Waals surface area contributed by atoms with Crippen LogP contribution in [-0.2, 0) is 4.79 Å².